The van der Waals surface area contributed by atoms with Gasteiger partial charge in [0.05, 0.1) is 13.2 Å². The zero-order valence-electron chi connectivity index (χ0n) is 17.5. The molecule has 2 rings (SSSR count). The summed E-state index contributed by atoms with van der Waals surface area (Å²) in [5.41, 5.74) is 2.05. The lowest BCUT2D eigenvalue weighted by molar-refractivity contribution is -0.114. The Kier molecular flexibility index (Phi) is 9.02. The molecule has 0 saturated carbocycles. The predicted octanol–water partition coefficient (Wildman–Crippen LogP) is 4.40. The Morgan fingerprint density at radius 2 is 1.62 bits per heavy atom. The fraction of sp³-hybridized carbons (Fsp3) is 0.391. The van der Waals surface area contributed by atoms with Gasteiger partial charge in [-0.15, -0.1) is 0 Å². The van der Waals surface area contributed by atoms with Gasteiger partial charge in [-0.05, 0) is 50.1 Å². The van der Waals surface area contributed by atoms with Gasteiger partial charge in [0.25, 0.3) is 5.91 Å². The standard InChI is InChI=1S/C23H31N3O3/c1-4-13-26(14-5-2)23(28)18-9-7-10-19(15-18)24-17-22(27)25-20-11-8-12-21(16-20)29-6-3/h7-12,15-16,24H,4-6,13-14,17H2,1-3H3,(H,25,27). The lowest BCUT2D eigenvalue weighted by Crippen LogP contribution is -2.32. The van der Waals surface area contributed by atoms with Crippen molar-refractivity contribution in [3.8, 4) is 5.75 Å². The van der Waals surface area contributed by atoms with Gasteiger partial charge in [0, 0.05) is 36.1 Å². The number of carbonyl (C=O) groups excluding carboxylic acids is 2. The molecule has 0 atom stereocenters. The molecule has 0 heterocycles. The van der Waals surface area contributed by atoms with Crippen LogP contribution in [0.25, 0.3) is 0 Å². The molecule has 29 heavy (non-hydrogen) atoms. The molecule has 2 N–H and O–H groups in total. The average Bonchev–Trinajstić information content (AvgIpc) is 2.72. The summed E-state index contributed by atoms with van der Waals surface area (Å²) >= 11 is 0. The third-order valence-electron chi connectivity index (χ3n) is 4.27. The van der Waals surface area contributed by atoms with Crippen molar-refractivity contribution in [1.82, 2.24) is 4.90 Å². The molecule has 0 saturated heterocycles. The minimum atomic E-state index is -0.172. The van der Waals surface area contributed by atoms with Crippen LogP contribution in [-0.2, 0) is 4.79 Å². The second kappa shape index (κ2) is 11.7. The highest BCUT2D eigenvalue weighted by molar-refractivity contribution is 5.96. The average molecular weight is 398 g/mol. The summed E-state index contributed by atoms with van der Waals surface area (Å²) in [4.78, 5) is 26.9. The molecule has 0 aliphatic rings. The van der Waals surface area contributed by atoms with Gasteiger partial charge >= 0.3 is 0 Å². The maximum Gasteiger partial charge on any atom is 0.253 e. The lowest BCUT2D eigenvalue weighted by Gasteiger charge is -2.21. The lowest BCUT2D eigenvalue weighted by atomic mass is 10.1. The highest BCUT2D eigenvalue weighted by Crippen LogP contribution is 2.17. The van der Waals surface area contributed by atoms with Crippen LogP contribution in [-0.4, -0.2) is 43.0 Å². The summed E-state index contributed by atoms with van der Waals surface area (Å²) in [5.74, 6) is 0.566. The first-order valence-corrected chi connectivity index (χ1v) is 10.2. The quantitative estimate of drug-likeness (QED) is 0.590. The monoisotopic (exact) mass is 397 g/mol. The molecular formula is C23H31N3O3. The summed E-state index contributed by atoms with van der Waals surface area (Å²) in [7, 11) is 0. The molecule has 0 aliphatic heterocycles. The SMILES string of the molecule is CCCN(CCC)C(=O)c1cccc(NCC(=O)Nc2cccc(OCC)c2)c1. The molecule has 0 aliphatic carbocycles. The molecule has 6 heteroatoms. The van der Waals surface area contributed by atoms with Crippen LogP contribution in [0.5, 0.6) is 5.75 Å². The van der Waals surface area contributed by atoms with Crippen molar-refractivity contribution in [3.05, 3.63) is 54.1 Å². The Balaban J connectivity index is 1.95. The van der Waals surface area contributed by atoms with Crippen LogP contribution >= 0.6 is 0 Å². The molecule has 156 valence electrons. The molecule has 0 radical (unpaired) electrons. The topological polar surface area (TPSA) is 70.7 Å². The van der Waals surface area contributed by atoms with Crippen LogP contribution in [0.3, 0.4) is 0 Å². The summed E-state index contributed by atoms with van der Waals surface area (Å²) in [5, 5.41) is 5.93. The van der Waals surface area contributed by atoms with E-state index in [1.54, 1.807) is 12.1 Å². The minimum absolute atomic E-state index is 0.0227. The second-order valence-corrected chi connectivity index (χ2v) is 6.74. The number of nitrogens with zero attached hydrogens (tertiary/aromatic N) is 1. The van der Waals surface area contributed by atoms with E-state index in [1.807, 2.05) is 48.2 Å². The van der Waals surface area contributed by atoms with Crippen LogP contribution < -0.4 is 15.4 Å². The Morgan fingerprint density at radius 1 is 0.931 bits per heavy atom. The molecular weight excluding hydrogens is 366 g/mol. The highest BCUT2D eigenvalue weighted by Gasteiger charge is 2.14. The Hall–Kier alpha value is -3.02. The van der Waals surface area contributed by atoms with Crippen molar-refractivity contribution in [3.63, 3.8) is 0 Å². The number of benzene rings is 2. The molecule has 0 unspecified atom stereocenters. The van der Waals surface area contributed by atoms with Crippen molar-refractivity contribution in [2.24, 2.45) is 0 Å². The van der Waals surface area contributed by atoms with E-state index in [-0.39, 0.29) is 18.4 Å². The van der Waals surface area contributed by atoms with Crippen LogP contribution in [0.2, 0.25) is 0 Å². The number of ether oxygens (including phenoxy) is 1. The van der Waals surface area contributed by atoms with E-state index in [0.29, 0.717) is 23.6 Å². The first-order chi connectivity index (χ1) is 14.1. The van der Waals surface area contributed by atoms with Crippen LogP contribution in [0.15, 0.2) is 48.5 Å². The first kappa shape index (κ1) is 22.3. The highest BCUT2D eigenvalue weighted by atomic mass is 16.5. The molecule has 0 aromatic heterocycles. The van der Waals surface area contributed by atoms with Gasteiger partial charge < -0.3 is 20.3 Å². The molecule has 2 aromatic carbocycles. The zero-order valence-corrected chi connectivity index (χ0v) is 17.5. The van der Waals surface area contributed by atoms with Gasteiger partial charge in [0.15, 0.2) is 0 Å². The molecule has 2 aromatic rings. The van der Waals surface area contributed by atoms with Gasteiger partial charge in [-0.2, -0.15) is 0 Å². The third kappa shape index (κ3) is 7.14. The predicted molar refractivity (Wildman–Crippen MR) is 118 cm³/mol. The normalized spacial score (nSPS) is 10.3. The molecule has 0 bridgehead atoms. The maximum atomic E-state index is 12.7. The summed E-state index contributed by atoms with van der Waals surface area (Å²) in [6.45, 7) is 8.21. The third-order valence-corrected chi connectivity index (χ3v) is 4.27. The summed E-state index contributed by atoms with van der Waals surface area (Å²) in [6.07, 6.45) is 1.85. The van der Waals surface area contributed by atoms with Crippen molar-refractivity contribution >= 4 is 23.2 Å². The maximum absolute atomic E-state index is 12.7. The van der Waals surface area contributed by atoms with E-state index in [4.69, 9.17) is 4.74 Å². The van der Waals surface area contributed by atoms with Gasteiger partial charge in [0.1, 0.15) is 5.75 Å². The van der Waals surface area contributed by atoms with Crippen molar-refractivity contribution < 1.29 is 14.3 Å². The smallest absolute Gasteiger partial charge is 0.253 e. The van der Waals surface area contributed by atoms with Crippen LogP contribution in [0.1, 0.15) is 44.0 Å². The number of rotatable bonds is 11. The molecule has 0 fully saturated rings. The van der Waals surface area contributed by atoms with Crippen LogP contribution in [0.4, 0.5) is 11.4 Å². The van der Waals surface area contributed by atoms with Crippen molar-refractivity contribution in [2.45, 2.75) is 33.6 Å². The Morgan fingerprint density at radius 3 is 2.31 bits per heavy atom. The number of amides is 2. The zero-order chi connectivity index (χ0) is 21.1. The number of anilines is 2. The Labute approximate surface area is 173 Å². The van der Waals surface area contributed by atoms with E-state index in [0.717, 1.165) is 31.6 Å². The number of carbonyl (C=O) groups is 2. The largest absolute Gasteiger partial charge is 0.494 e. The van der Waals surface area contributed by atoms with E-state index >= 15 is 0 Å². The van der Waals surface area contributed by atoms with E-state index < -0.39 is 0 Å². The van der Waals surface area contributed by atoms with Gasteiger partial charge in [-0.3, -0.25) is 9.59 Å². The molecule has 0 spiro atoms. The van der Waals surface area contributed by atoms with E-state index in [2.05, 4.69) is 24.5 Å². The van der Waals surface area contributed by atoms with Gasteiger partial charge in [-0.1, -0.05) is 26.0 Å². The van der Waals surface area contributed by atoms with E-state index in [9.17, 15) is 9.59 Å². The fourth-order valence-electron chi connectivity index (χ4n) is 3.02. The number of nitrogens with one attached hydrogen (secondary N) is 2. The Bertz CT molecular complexity index is 801. The number of hydrogen-bond acceptors (Lipinski definition) is 4. The summed E-state index contributed by atoms with van der Waals surface area (Å²) < 4.78 is 5.44. The fourth-order valence-corrected chi connectivity index (χ4v) is 3.02. The van der Waals surface area contributed by atoms with Crippen LogP contribution in [0, 0.1) is 0 Å². The molecule has 2 amide bonds. The van der Waals surface area contributed by atoms with Gasteiger partial charge in [-0.25, -0.2) is 0 Å². The minimum Gasteiger partial charge on any atom is -0.494 e. The van der Waals surface area contributed by atoms with Crippen molar-refractivity contribution in [2.75, 3.05) is 36.9 Å². The number of hydrogen-bond donors (Lipinski definition) is 2. The van der Waals surface area contributed by atoms with E-state index in [1.165, 1.54) is 0 Å². The first-order valence-electron chi connectivity index (χ1n) is 10.2. The summed E-state index contributed by atoms with van der Waals surface area (Å²) in [6, 6.07) is 14.6. The van der Waals surface area contributed by atoms with Gasteiger partial charge in [0.2, 0.25) is 5.91 Å². The second-order valence-electron chi connectivity index (χ2n) is 6.74. The van der Waals surface area contributed by atoms with Crippen molar-refractivity contribution in [1.29, 1.82) is 0 Å². The molecule has 6 nitrogen and oxygen atoms in total.